The lowest BCUT2D eigenvalue weighted by atomic mass is 9.99. The number of nitrogens with zero attached hydrogens (tertiary/aromatic N) is 5. The van der Waals surface area contributed by atoms with Gasteiger partial charge in [0.1, 0.15) is 28.5 Å². The van der Waals surface area contributed by atoms with Gasteiger partial charge >= 0.3 is 6.18 Å². The number of aromatic nitrogens is 6. The standard InChI is InChI=1S/C28H24ClF4N7O/c1-40-13-35-39-27(40)18-11-16(30)5-6-17(18)15-9-22(36-24(29)10-15)26-37-21-8-14(12-34-20-3-2-4-23(20)41)7-19(25(21)38-26)28(31,32)33/h5-11,13,20,23,34,41H,2-4,12H2,1H3,(H,37,38)/t20-,23+/m1/s1. The quantitative estimate of drug-likeness (QED) is 0.169. The van der Waals surface area contributed by atoms with E-state index >= 15 is 0 Å². The number of benzene rings is 2. The van der Waals surface area contributed by atoms with Crippen LogP contribution in [0.1, 0.15) is 30.4 Å². The first-order chi connectivity index (χ1) is 19.6. The number of alkyl halides is 3. The number of halogens is 5. The first-order valence-electron chi connectivity index (χ1n) is 12.9. The van der Waals surface area contributed by atoms with Gasteiger partial charge in [0, 0.05) is 25.2 Å². The van der Waals surface area contributed by atoms with Crippen molar-refractivity contribution in [1.29, 1.82) is 0 Å². The average Bonchev–Trinajstić information content (AvgIpc) is 3.65. The Bertz CT molecular complexity index is 1750. The third kappa shape index (κ3) is 5.42. The molecule has 8 nitrogen and oxygen atoms in total. The van der Waals surface area contributed by atoms with Gasteiger partial charge in [0.15, 0.2) is 11.6 Å². The van der Waals surface area contributed by atoms with Crippen molar-refractivity contribution in [1.82, 2.24) is 35.0 Å². The van der Waals surface area contributed by atoms with E-state index in [1.807, 2.05) is 0 Å². The van der Waals surface area contributed by atoms with Gasteiger partial charge in [-0.05, 0) is 72.4 Å². The first-order valence-corrected chi connectivity index (χ1v) is 13.3. The fourth-order valence-corrected chi connectivity index (χ4v) is 5.51. The minimum atomic E-state index is -4.65. The number of aliphatic hydroxyl groups excluding tert-OH is 1. The highest BCUT2D eigenvalue weighted by molar-refractivity contribution is 6.29. The van der Waals surface area contributed by atoms with Crippen molar-refractivity contribution in [2.75, 3.05) is 0 Å². The zero-order chi connectivity index (χ0) is 28.9. The monoisotopic (exact) mass is 585 g/mol. The molecule has 0 amide bonds. The third-order valence-corrected chi connectivity index (χ3v) is 7.47. The summed E-state index contributed by atoms with van der Waals surface area (Å²) in [5, 5.41) is 21.3. The highest BCUT2D eigenvalue weighted by Gasteiger charge is 2.35. The summed E-state index contributed by atoms with van der Waals surface area (Å²) in [5.74, 6) is 0.0310. The van der Waals surface area contributed by atoms with Gasteiger partial charge in [0.25, 0.3) is 0 Å². The predicted octanol–water partition coefficient (Wildman–Crippen LogP) is 5.90. The molecular formula is C28H24ClF4N7O. The molecule has 0 radical (unpaired) electrons. The first kappa shape index (κ1) is 27.3. The molecule has 1 aliphatic carbocycles. The van der Waals surface area contributed by atoms with Crippen LogP contribution in [0.2, 0.25) is 5.15 Å². The van der Waals surface area contributed by atoms with Crippen LogP contribution in [0.4, 0.5) is 17.6 Å². The Kier molecular flexibility index (Phi) is 7.00. The maximum Gasteiger partial charge on any atom is 0.418 e. The molecule has 0 bridgehead atoms. The van der Waals surface area contributed by atoms with Crippen LogP contribution in [0.25, 0.3) is 45.1 Å². The maximum absolute atomic E-state index is 14.2. The molecule has 3 N–H and O–H groups in total. The summed E-state index contributed by atoms with van der Waals surface area (Å²) in [6, 6.07) is 9.89. The molecule has 0 unspecified atom stereocenters. The molecule has 13 heteroatoms. The molecule has 2 atom stereocenters. The van der Waals surface area contributed by atoms with E-state index < -0.39 is 23.7 Å². The second-order valence-electron chi connectivity index (χ2n) is 10.1. The number of imidazole rings is 1. The van der Waals surface area contributed by atoms with Crippen LogP contribution in [-0.4, -0.2) is 47.0 Å². The van der Waals surface area contributed by atoms with E-state index in [-0.39, 0.29) is 40.3 Å². The Hall–Kier alpha value is -3.87. The zero-order valence-corrected chi connectivity index (χ0v) is 22.4. The number of aliphatic hydroxyl groups is 1. The van der Waals surface area contributed by atoms with Gasteiger partial charge in [-0.1, -0.05) is 17.7 Å². The second kappa shape index (κ2) is 10.5. The van der Waals surface area contributed by atoms with Crippen molar-refractivity contribution in [3.8, 4) is 34.0 Å². The van der Waals surface area contributed by atoms with Crippen LogP contribution in [0.3, 0.4) is 0 Å². The van der Waals surface area contributed by atoms with Crippen LogP contribution in [0.15, 0.2) is 48.8 Å². The summed E-state index contributed by atoms with van der Waals surface area (Å²) in [4.78, 5) is 11.6. The van der Waals surface area contributed by atoms with E-state index in [1.54, 1.807) is 35.9 Å². The smallest absolute Gasteiger partial charge is 0.392 e. The number of fused-ring (bicyclic) bond motifs is 1. The van der Waals surface area contributed by atoms with Crippen LogP contribution in [0.5, 0.6) is 0 Å². The Morgan fingerprint density at radius 2 is 1.93 bits per heavy atom. The Balaban J connectivity index is 1.42. The molecule has 1 aliphatic rings. The molecule has 1 saturated carbocycles. The lowest BCUT2D eigenvalue weighted by Crippen LogP contribution is -2.35. The Labute approximate surface area is 236 Å². The molecule has 212 valence electrons. The maximum atomic E-state index is 14.2. The SMILES string of the molecule is Cn1cnnc1-c1cc(F)ccc1-c1cc(Cl)nc(-c2nc3c(C(F)(F)F)cc(CN[C@@H]4CCC[C@@H]4O)cc3[nH]2)c1. The van der Waals surface area contributed by atoms with Gasteiger partial charge in [0.05, 0.1) is 17.2 Å². The second-order valence-corrected chi connectivity index (χ2v) is 10.5. The van der Waals surface area contributed by atoms with Crippen molar-refractivity contribution in [3.63, 3.8) is 0 Å². The molecule has 3 aromatic heterocycles. The summed E-state index contributed by atoms with van der Waals surface area (Å²) in [5.41, 5.74) is 1.22. The zero-order valence-electron chi connectivity index (χ0n) is 21.7. The molecule has 2 aromatic carbocycles. The topological polar surface area (TPSA) is 105 Å². The number of hydrogen-bond acceptors (Lipinski definition) is 6. The minimum absolute atomic E-state index is 0.0715. The van der Waals surface area contributed by atoms with Crippen molar-refractivity contribution < 1.29 is 22.7 Å². The lowest BCUT2D eigenvalue weighted by molar-refractivity contribution is -0.136. The number of nitrogens with one attached hydrogen (secondary N) is 2. The van der Waals surface area contributed by atoms with E-state index in [0.29, 0.717) is 34.5 Å². The minimum Gasteiger partial charge on any atom is -0.392 e. The van der Waals surface area contributed by atoms with Crippen molar-refractivity contribution >= 4 is 22.6 Å². The third-order valence-electron chi connectivity index (χ3n) is 7.28. The number of rotatable bonds is 6. The largest absolute Gasteiger partial charge is 0.418 e. The van der Waals surface area contributed by atoms with Crippen molar-refractivity contribution in [3.05, 3.63) is 70.9 Å². The van der Waals surface area contributed by atoms with Gasteiger partial charge in [0.2, 0.25) is 0 Å². The van der Waals surface area contributed by atoms with Crippen LogP contribution < -0.4 is 5.32 Å². The highest BCUT2D eigenvalue weighted by Crippen LogP contribution is 2.38. The van der Waals surface area contributed by atoms with E-state index in [2.05, 4.69) is 30.5 Å². The summed E-state index contributed by atoms with van der Waals surface area (Å²) < 4.78 is 58.2. The molecule has 41 heavy (non-hydrogen) atoms. The van der Waals surface area contributed by atoms with E-state index in [9.17, 15) is 22.7 Å². The number of hydrogen-bond donors (Lipinski definition) is 3. The number of aromatic amines is 1. The van der Waals surface area contributed by atoms with Crippen molar-refractivity contribution in [2.24, 2.45) is 7.05 Å². The van der Waals surface area contributed by atoms with Gasteiger partial charge in [-0.25, -0.2) is 14.4 Å². The fraction of sp³-hybridized carbons (Fsp3) is 0.286. The molecule has 0 saturated heterocycles. The fourth-order valence-electron chi connectivity index (χ4n) is 5.30. The number of H-pyrrole nitrogens is 1. The van der Waals surface area contributed by atoms with E-state index in [1.165, 1.54) is 18.5 Å². The number of aryl methyl sites for hydroxylation is 1. The summed E-state index contributed by atoms with van der Waals surface area (Å²) >= 11 is 6.36. The normalized spacial score (nSPS) is 17.5. The molecule has 3 heterocycles. The molecule has 6 rings (SSSR count). The molecular weight excluding hydrogens is 562 g/mol. The Morgan fingerprint density at radius 1 is 1.10 bits per heavy atom. The van der Waals surface area contributed by atoms with E-state index in [0.717, 1.165) is 18.9 Å². The molecule has 0 spiro atoms. The van der Waals surface area contributed by atoms with Gasteiger partial charge in [-0.2, -0.15) is 13.2 Å². The summed E-state index contributed by atoms with van der Waals surface area (Å²) in [7, 11) is 1.72. The summed E-state index contributed by atoms with van der Waals surface area (Å²) in [6.07, 6.45) is -1.39. The van der Waals surface area contributed by atoms with Gasteiger partial charge in [-0.3, -0.25) is 0 Å². The summed E-state index contributed by atoms with van der Waals surface area (Å²) in [6.45, 7) is 0.157. The van der Waals surface area contributed by atoms with Gasteiger partial charge in [-0.15, -0.1) is 10.2 Å². The molecule has 0 aliphatic heterocycles. The average molecular weight is 586 g/mol. The van der Waals surface area contributed by atoms with Crippen molar-refractivity contribution in [2.45, 2.75) is 44.1 Å². The van der Waals surface area contributed by atoms with Crippen LogP contribution >= 0.6 is 11.6 Å². The van der Waals surface area contributed by atoms with Crippen LogP contribution in [0, 0.1) is 5.82 Å². The highest BCUT2D eigenvalue weighted by atomic mass is 35.5. The molecule has 5 aromatic rings. The van der Waals surface area contributed by atoms with E-state index in [4.69, 9.17) is 11.6 Å². The Morgan fingerprint density at radius 3 is 2.63 bits per heavy atom. The lowest BCUT2D eigenvalue weighted by Gasteiger charge is -2.17. The van der Waals surface area contributed by atoms with Gasteiger partial charge < -0.3 is 20.0 Å². The van der Waals surface area contributed by atoms with Crippen LogP contribution in [-0.2, 0) is 19.8 Å². The molecule has 1 fully saturated rings. The predicted molar refractivity (Wildman–Crippen MR) is 145 cm³/mol. The number of pyridine rings is 1.